The van der Waals surface area contributed by atoms with Crippen LogP contribution in [0.2, 0.25) is 0 Å². The number of fused-ring (bicyclic) bond motifs is 1. The van der Waals surface area contributed by atoms with E-state index in [1.165, 1.54) is 24.8 Å². The number of amides is 3. The first kappa shape index (κ1) is 32.0. The molecule has 4 rings (SSSR count). The number of nitrogens with zero attached hydrogens (tertiary/aromatic N) is 3. The highest BCUT2D eigenvalue weighted by molar-refractivity contribution is 6.14. The summed E-state index contributed by atoms with van der Waals surface area (Å²) >= 11 is 0. The smallest absolute Gasteiger partial charge is 0.374 e. The normalized spacial score (nSPS) is 19.6. The molecular weight excluding hydrogens is 577 g/mol. The Morgan fingerprint density at radius 1 is 1.09 bits per heavy atom. The number of ether oxygens (including phenoxy) is 1. The quantitative estimate of drug-likeness (QED) is 0.402. The van der Waals surface area contributed by atoms with E-state index in [0.29, 0.717) is 10.6 Å². The highest BCUT2D eigenvalue weighted by atomic mass is 19.4. The zero-order valence-corrected chi connectivity index (χ0v) is 23.6. The molecule has 14 heteroatoms. The third-order valence-electron chi connectivity index (χ3n) is 7.23. The van der Waals surface area contributed by atoms with Gasteiger partial charge in [0.25, 0.3) is 5.91 Å². The molecule has 0 aliphatic carbocycles. The van der Waals surface area contributed by atoms with Gasteiger partial charge in [-0.3, -0.25) is 14.4 Å². The first-order chi connectivity index (χ1) is 20.1. The number of piperidine rings is 1. The molecule has 2 atom stereocenters. The van der Waals surface area contributed by atoms with Crippen molar-refractivity contribution < 1.29 is 41.1 Å². The molecule has 1 fully saturated rings. The molecule has 0 bridgehead atoms. The van der Waals surface area contributed by atoms with E-state index in [9.17, 15) is 36.3 Å². The fourth-order valence-electron chi connectivity index (χ4n) is 5.06. The van der Waals surface area contributed by atoms with Gasteiger partial charge < -0.3 is 20.7 Å². The summed E-state index contributed by atoms with van der Waals surface area (Å²) in [7, 11) is 0. The van der Waals surface area contributed by atoms with Crippen LogP contribution < -0.4 is 11.1 Å². The van der Waals surface area contributed by atoms with Gasteiger partial charge in [0.05, 0.1) is 24.5 Å². The predicted molar refractivity (Wildman–Crippen MR) is 145 cm³/mol. The molecule has 0 radical (unpaired) electrons. The van der Waals surface area contributed by atoms with Crippen molar-refractivity contribution in [1.29, 1.82) is 0 Å². The monoisotopic (exact) mass is 609 g/mol. The number of rotatable bonds is 10. The molecule has 0 aromatic heterocycles. The van der Waals surface area contributed by atoms with Crippen LogP contribution in [-0.4, -0.2) is 77.3 Å². The van der Waals surface area contributed by atoms with E-state index in [1.54, 1.807) is 30.3 Å². The molecule has 1 saturated heterocycles. The molecule has 2 aromatic rings. The number of halogens is 5. The minimum absolute atomic E-state index is 0.00311. The van der Waals surface area contributed by atoms with E-state index in [1.807, 2.05) is 0 Å². The van der Waals surface area contributed by atoms with Crippen molar-refractivity contribution >= 4 is 23.4 Å². The molecular formula is C29H32F5N5O4. The maximum Gasteiger partial charge on any atom is 0.408 e. The lowest BCUT2D eigenvalue weighted by atomic mass is 9.73. The fourth-order valence-corrected chi connectivity index (χ4v) is 5.06. The van der Waals surface area contributed by atoms with Crippen molar-refractivity contribution in [2.75, 3.05) is 26.2 Å². The third-order valence-corrected chi connectivity index (χ3v) is 7.23. The van der Waals surface area contributed by atoms with Crippen molar-refractivity contribution in [2.45, 2.75) is 51.1 Å². The molecule has 9 nitrogen and oxygen atoms in total. The second-order valence-corrected chi connectivity index (χ2v) is 11.3. The predicted octanol–water partition coefficient (Wildman–Crippen LogP) is 2.93. The number of hydrogen-bond donors (Lipinski definition) is 2. The van der Waals surface area contributed by atoms with Gasteiger partial charge >= 0.3 is 6.18 Å². The minimum Gasteiger partial charge on any atom is -0.374 e. The van der Waals surface area contributed by atoms with Gasteiger partial charge in [-0.15, -0.1) is 0 Å². The number of hydrazone groups is 1. The summed E-state index contributed by atoms with van der Waals surface area (Å²) in [4.78, 5) is 41.5. The van der Waals surface area contributed by atoms with Gasteiger partial charge in [0.1, 0.15) is 18.0 Å². The van der Waals surface area contributed by atoms with E-state index in [0.717, 1.165) is 12.1 Å². The number of hydrogen-bond acceptors (Lipinski definition) is 6. The molecule has 2 aliphatic rings. The summed E-state index contributed by atoms with van der Waals surface area (Å²) in [6.45, 7) is 0.409. The van der Waals surface area contributed by atoms with Crippen LogP contribution in [0, 0.1) is 17.0 Å². The van der Waals surface area contributed by atoms with Gasteiger partial charge in [-0.25, -0.2) is 13.8 Å². The number of alkyl halides is 3. The van der Waals surface area contributed by atoms with Gasteiger partial charge in [0, 0.05) is 19.5 Å². The van der Waals surface area contributed by atoms with E-state index < -0.39 is 65.7 Å². The van der Waals surface area contributed by atoms with Gasteiger partial charge in [-0.2, -0.15) is 18.3 Å². The largest absolute Gasteiger partial charge is 0.408 e. The second kappa shape index (κ2) is 12.4. The highest BCUT2D eigenvalue weighted by Crippen LogP contribution is 2.40. The Hall–Kier alpha value is -3.91. The second-order valence-electron chi connectivity index (χ2n) is 11.3. The summed E-state index contributed by atoms with van der Waals surface area (Å²) in [6.07, 6.45) is -4.66. The maximum atomic E-state index is 13.8. The van der Waals surface area contributed by atoms with Crippen molar-refractivity contribution in [3.63, 3.8) is 0 Å². The topological polar surface area (TPSA) is 117 Å². The average molecular weight is 610 g/mol. The molecule has 3 N–H and O–H groups in total. The first-order valence-corrected chi connectivity index (χ1v) is 13.5. The molecule has 3 amide bonds. The summed E-state index contributed by atoms with van der Waals surface area (Å²) in [5.41, 5.74) is 4.16. The van der Waals surface area contributed by atoms with Crippen LogP contribution in [-0.2, 0) is 32.1 Å². The number of nitrogens with two attached hydrogens (primary N) is 1. The molecule has 0 unspecified atom stereocenters. The van der Waals surface area contributed by atoms with Gasteiger partial charge in [-0.1, -0.05) is 36.4 Å². The molecule has 2 aliphatic heterocycles. The third kappa shape index (κ3) is 7.54. The zero-order chi connectivity index (χ0) is 31.6. The zero-order valence-electron chi connectivity index (χ0n) is 23.6. The van der Waals surface area contributed by atoms with Crippen LogP contribution in [0.15, 0.2) is 53.6 Å². The van der Waals surface area contributed by atoms with Crippen LogP contribution in [0.5, 0.6) is 0 Å². The van der Waals surface area contributed by atoms with E-state index in [2.05, 4.69) is 10.4 Å². The van der Waals surface area contributed by atoms with Crippen molar-refractivity contribution in [2.24, 2.45) is 16.3 Å². The Bertz CT molecular complexity index is 1400. The molecule has 232 valence electrons. The van der Waals surface area contributed by atoms with E-state index in [4.69, 9.17) is 10.5 Å². The summed E-state index contributed by atoms with van der Waals surface area (Å²) in [5.74, 6) is -4.34. The maximum absolute atomic E-state index is 13.8. The summed E-state index contributed by atoms with van der Waals surface area (Å²) in [6, 6.07) is 10.5. The lowest BCUT2D eigenvalue weighted by Crippen LogP contribution is -2.61. The molecule has 2 aromatic carbocycles. The molecule has 0 saturated carbocycles. The SMILES string of the molecule is CC(C)(N)C(=O)N[C@H](COCc1ccc(F)c(F)c1)C(=O)N1CCC2=NN(CC(F)(F)F)C(=O)[C@]2(Cc2ccccc2)C1. The summed E-state index contributed by atoms with van der Waals surface area (Å²) in [5, 5.41) is 6.99. The van der Waals surface area contributed by atoms with Crippen LogP contribution in [0.3, 0.4) is 0 Å². The van der Waals surface area contributed by atoms with Crippen LogP contribution in [0.4, 0.5) is 22.0 Å². The molecule has 2 heterocycles. The van der Waals surface area contributed by atoms with Crippen molar-refractivity contribution in [1.82, 2.24) is 15.2 Å². The average Bonchev–Trinajstić information content (AvgIpc) is 3.18. The Labute approximate surface area is 244 Å². The number of nitrogens with one attached hydrogen (secondary N) is 1. The fraction of sp³-hybridized carbons (Fsp3) is 0.448. The van der Waals surface area contributed by atoms with Crippen LogP contribution in [0.25, 0.3) is 0 Å². The summed E-state index contributed by atoms with van der Waals surface area (Å²) < 4.78 is 72.4. The number of carbonyl (C=O) groups is 3. The first-order valence-electron chi connectivity index (χ1n) is 13.5. The van der Waals surface area contributed by atoms with Crippen LogP contribution >= 0.6 is 0 Å². The lowest BCUT2D eigenvalue weighted by molar-refractivity contribution is -0.164. The van der Waals surface area contributed by atoms with Crippen molar-refractivity contribution in [3.05, 3.63) is 71.3 Å². The van der Waals surface area contributed by atoms with Gasteiger partial charge in [-0.05, 0) is 43.5 Å². The van der Waals surface area contributed by atoms with Crippen molar-refractivity contribution in [3.8, 4) is 0 Å². The number of likely N-dealkylation sites (tertiary alicyclic amines) is 1. The Morgan fingerprint density at radius 3 is 2.42 bits per heavy atom. The van der Waals surface area contributed by atoms with Gasteiger partial charge in [0.15, 0.2) is 11.6 Å². The van der Waals surface area contributed by atoms with Crippen LogP contribution in [0.1, 0.15) is 31.4 Å². The molecule has 43 heavy (non-hydrogen) atoms. The Morgan fingerprint density at radius 2 is 1.79 bits per heavy atom. The van der Waals surface area contributed by atoms with E-state index >= 15 is 0 Å². The lowest BCUT2D eigenvalue weighted by Gasteiger charge is -2.41. The van der Waals surface area contributed by atoms with Gasteiger partial charge in [0.2, 0.25) is 11.8 Å². The molecule has 0 spiro atoms. The number of carbonyl (C=O) groups excluding carboxylic acids is 3. The standard InChI is InChI=1S/C29H32F5N5O4/c1-27(2,35)25(41)36-22(15-43-14-19-8-9-20(30)21(31)12-19)24(40)38-11-10-23-28(16-38,13-18-6-4-3-5-7-18)26(42)39(37-23)17-29(32,33)34/h3-9,12,22H,10-11,13-17,35H2,1-2H3,(H,36,41)/t22-,28-/m1/s1. The minimum atomic E-state index is -4.69. The Kier molecular flexibility index (Phi) is 9.21. The highest BCUT2D eigenvalue weighted by Gasteiger charge is 2.56. The Balaban J connectivity index is 1.58. The van der Waals surface area contributed by atoms with E-state index in [-0.39, 0.29) is 43.8 Å². The number of benzene rings is 2.